The highest BCUT2D eigenvalue weighted by molar-refractivity contribution is 6.00. The Morgan fingerprint density at radius 2 is 2.05 bits per heavy atom. The van der Waals surface area contributed by atoms with Gasteiger partial charge in [0.1, 0.15) is 5.82 Å². The lowest BCUT2D eigenvalue weighted by Gasteiger charge is -2.43. The molecule has 2 atom stereocenters. The van der Waals surface area contributed by atoms with Crippen molar-refractivity contribution < 1.29 is 18.0 Å². The van der Waals surface area contributed by atoms with E-state index in [4.69, 9.17) is 5.73 Å². The lowest BCUT2D eigenvalue weighted by atomic mass is 9.69. The lowest BCUT2D eigenvalue weighted by molar-refractivity contribution is -0.138. The van der Waals surface area contributed by atoms with Crippen molar-refractivity contribution in [3.05, 3.63) is 35.8 Å². The number of amides is 1. The molecule has 1 saturated carbocycles. The monoisotopic (exact) mass is 297 g/mol. The molecule has 1 heterocycles. The number of nitrogens with zero attached hydrogens (tertiary/aromatic N) is 1. The van der Waals surface area contributed by atoms with Crippen molar-refractivity contribution in [3.63, 3.8) is 0 Å². The summed E-state index contributed by atoms with van der Waals surface area (Å²) in [6.45, 7) is 0.297. The Labute approximate surface area is 120 Å². The molecule has 0 radical (unpaired) electrons. The van der Waals surface area contributed by atoms with E-state index in [-0.39, 0.29) is 6.42 Å². The van der Waals surface area contributed by atoms with E-state index in [1.807, 2.05) is 0 Å². The summed E-state index contributed by atoms with van der Waals surface area (Å²) in [4.78, 5) is 14.0. The molecule has 0 bridgehead atoms. The summed E-state index contributed by atoms with van der Waals surface area (Å²) in [5.41, 5.74) is 6.93. The third-order valence-corrected chi connectivity index (χ3v) is 4.41. The largest absolute Gasteiger partial charge is 0.674 e. The van der Waals surface area contributed by atoms with Crippen LogP contribution in [0.1, 0.15) is 25.7 Å². The fourth-order valence-electron chi connectivity index (χ4n) is 3.61. The van der Waals surface area contributed by atoms with Crippen molar-refractivity contribution in [2.75, 3.05) is 11.4 Å². The maximum absolute atomic E-state index is 13.8. The van der Waals surface area contributed by atoms with Crippen LogP contribution >= 0.6 is 0 Å². The third-order valence-electron chi connectivity index (χ3n) is 4.41. The van der Waals surface area contributed by atoms with E-state index >= 15 is 0 Å². The minimum Gasteiger partial charge on any atom is -0.674 e. The van der Waals surface area contributed by atoms with Gasteiger partial charge in [-0.2, -0.15) is 0 Å². The van der Waals surface area contributed by atoms with Crippen molar-refractivity contribution in [3.8, 4) is 0 Å². The van der Waals surface area contributed by atoms with Crippen molar-refractivity contribution in [2.24, 2.45) is 5.41 Å². The van der Waals surface area contributed by atoms with Gasteiger partial charge < -0.3 is 10.6 Å². The Bertz CT molecular complexity index is 578. The van der Waals surface area contributed by atoms with Gasteiger partial charge in [0, 0.05) is 18.7 Å². The van der Waals surface area contributed by atoms with Gasteiger partial charge in [0.15, 0.2) is 0 Å². The van der Waals surface area contributed by atoms with Crippen LogP contribution in [0.2, 0.25) is 0 Å². The zero-order valence-electron chi connectivity index (χ0n) is 11.4. The van der Waals surface area contributed by atoms with Gasteiger partial charge in [-0.3, -0.25) is 4.79 Å². The average Bonchev–Trinajstić information content (AvgIpc) is 2.64. The number of alkyl halides is 2. The molecule has 1 aromatic carbocycles. The zero-order chi connectivity index (χ0) is 15.3. The summed E-state index contributed by atoms with van der Waals surface area (Å²) in [5, 5.41) is 0. The number of carbonyl (C=O) groups is 1. The number of anilines is 1. The van der Waals surface area contributed by atoms with Crippen LogP contribution in [-0.2, 0) is 4.79 Å². The molecule has 3 rings (SSSR count). The van der Waals surface area contributed by atoms with E-state index in [0.29, 0.717) is 18.7 Å². The van der Waals surface area contributed by atoms with Gasteiger partial charge in [-0.1, -0.05) is 12.5 Å². The van der Waals surface area contributed by atoms with Crippen molar-refractivity contribution in [1.82, 2.24) is 0 Å². The molecule has 1 aliphatic carbocycles. The van der Waals surface area contributed by atoms with Crippen LogP contribution in [0.3, 0.4) is 0 Å². The molecule has 1 saturated heterocycles. The molecule has 2 aliphatic rings. The van der Waals surface area contributed by atoms with E-state index < -0.39 is 41.9 Å². The van der Waals surface area contributed by atoms with Crippen molar-refractivity contribution in [1.29, 1.82) is 0 Å². The van der Waals surface area contributed by atoms with E-state index in [0.717, 1.165) is 0 Å². The molecule has 6 heteroatoms. The molecule has 2 fully saturated rings. The SMILES string of the molecule is [NH-][C@@H]1CC(F)(F)C[C@]2(CCN(c3cccc(F)c3)C2=O)C1. The third kappa shape index (κ3) is 2.52. The van der Waals surface area contributed by atoms with Gasteiger partial charge in [-0.15, -0.1) is 6.04 Å². The van der Waals surface area contributed by atoms with Gasteiger partial charge in [0.2, 0.25) is 11.8 Å². The average molecular weight is 297 g/mol. The van der Waals surface area contributed by atoms with E-state index in [2.05, 4.69) is 0 Å². The first kappa shape index (κ1) is 14.4. The predicted octanol–water partition coefficient (Wildman–Crippen LogP) is 3.79. The maximum atomic E-state index is 13.8. The standard InChI is InChI=1S/C15H16F3N2O/c16-10-2-1-3-12(6-10)20-5-4-14(13(20)21)7-11(19)8-15(17,18)9-14/h1-3,6,11,19H,4-5,7-9H2/q-1/t11-,14-/m0/s1. The number of hydrogen-bond donors (Lipinski definition) is 0. The molecule has 3 nitrogen and oxygen atoms in total. The molecule has 0 aromatic heterocycles. The number of rotatable bonds is 1. The quantitative estimate of drug-likeness (QED) is 0.777. The number of nitrogens with one attached hydrogen (secondary N) is 1. The summed E-state index contributed by atoms with van der Waals surface area (Å²) in [7, 11) is 0. The topological polar surface area (TPSA) is 44.1 Å². The fraction of sp³-hybridized carbons (Fsp3) is 0.533. The van der Waals surface area contributed by atoms with Crippen molar-refractivity contribution >= 4 is 11.6 Å². The second kappa shape index (κ2) is 4.73. The minimum atomic E-state index is -2.97. The highest BCUT2D eigenvalue weighted by Gasteiger charge is 2.55. The molecular formula is C15H16F3N2O-. The van der Waals surface area contributed by atoms with Crippen LogP contribution in [0.25, 0.3) is 5.73 Å². The van der Waals surface area contributed by atoms with E-state index in [1.54, 1.807) is 6.07 Å². The molecular weight excluding hydrogens is 281 g/mol. The van der Waals surface area contributed by atoms with Gasteiger partial charge in [-0.05, 0) is 31.0 Å². The molecule has 114 valence electrons. The van der Waals surface area contributed by atoms with Crippen LogP contribution in [0.4, 0.5) is 18.9 Å². The Kier molecular flexibility index (Phi) is 3.24. The summed E-state index contributed by atoms with van der Waals surface area (Å²) in [6.07, 6.45) is -0.525. The smallest absolute Gasteiger partial charge is 0.247 e. The Morgan fingerprint density at radius 3 is 2.71 bits per heavy atom. The summed E-state index contributed by atoms with van der Waals surface area (Å²) in [5.74, 6) is -3.84. The minimum absolute atomic E-state index is 0.160. The molecule has 21 heavy (non-hydrogen) atoms. The zero-order valence-corrected chi connectivity index (χ0v) is 11.4. The van der Waals surface area contributed by atoms with Gasteiger partial charge in [0.05, 0.1) is 5.41 Å². The Balaban J connectivity index is 1.89. The second-order valence-electron chi connectivity index (χ2n) is 6.10. The first-order valence-electron chi connectivity index (χ1n) is 6.98. The van der Waals surface area contributed by atoms with Crippen LogP contribution in [0, 0.1) is 11.2 Å². The number of carbonyl (C=O) groups excluding carboxylic acids is 1. The summed E-state index contributed by atoms with van der Waals surface area (Å²) < 4.78 is 40.8. The van der Waals surface area contributed by atoms with Crippen LogP contribution < -0.4 is 4.90 Å². The maximum Gasteiger partial charge on any atom is 0.247 e. The first-order valence-corrected chi connectivity index (χ1v) is 6.98. The van der Waals surface area contributed by atoms with Gasteiger partial charge >= 0.3 is 0 Å². The Hall–Kier alpha value is -1.56. The first-order chi connectivity index (χ1) is 9.81. The molecule has 1 aliphatic heterocycles. The lowest BCUT2D eigenvalue weighted by Crippen LogP contribution is -2.45. The number of hydrogen-bond acceptors (Lipinski definition) is 1. The molecule has 1 aromatic rings. The van der Waals surface area contributed by atoms with Gasteiger partial charge in [0.25, 0.3) is 0 Å². The van der Waals surface area contributed by atoms with Crippen molar-refractivity contribution in [2.45, 2.75) is 37.6 Å². The molecule has 1 amide bonds. The summed E-state index contributed by atoms with van der Waals surface area (Å²) in [6, 6.07) is 4.67. The predicted molar refractivity (Wildman–Crippen MR) is 72.7 cm³/mol. The normalized spacial score (nSPS) is 31.9. The molecule has 0 unspecified atom stereocenters. The van der Waals surface area contributed by atoms with Crippen LogP contribution in [0.15, 0.2) is 24.3 Å². The van der Waals surface area contributed by atoms with E-state index in [1.165, 1.54) is 23.1 Å². The van der Waals surface area contributed by atoms with Crippen LogP contribution in [0.5, 0.6) is 0 Å². The second-order valence-corrected chi connectivity index (χ2v) is 6.10. The number of benzene rings is 1. The molecule has 1 spiro atoms. The van der Waals surface area contributed by atoms with E-state index in [9.17, 15) is 18.0 Å². The highest BCUT2D eigenvalue weighted by Crippen LogP contribution is 2.51. The number of halogens is 3. The molecule has 1 N–H and O–H groups in total. The fourth-order valence-corrected chi connectivity index (χ4v) is 3.61. The van der Waals surface area contributed by atoms with Crippen LogP contribution in [-0.4, -0.2) is 24.4 Å². The Morgan fingerprint density at radius 1 is 1.29 bits per heavy atom. The van der Waals surface area contributed by atoms with Gasteiger partial charge in [-0.25, -0.2) is 13.2 Å². The summed E-state index contributed by atoms with van der Waals surface area (Å²) >= 11 is 0. The highest BCUT2D eigenvalue weighted by atomic mass is 19.3.